The number of nitrogens with two attached hydrogens (primary N) is 2. The fraction of sp³-hybridized carbons (Fsp3) is 0.297. The number of benzene rings is 2. The van der Waals surface area contributed by atoms with Crippen LogP contribution in [0.5, 0.6) is 0 Å². The highest BCUT2D eigenvalue weighted by Gasteiger charge is 2.55. The Hall–Kier alpha value is -4.58. The second-order valence-electron chi connectivity index (χ2n) is 14.3. The molecule has 0 amide bonds. The van der Waals surface area contributed by atoms with Crippen molar-refractivity contribution in [3.8, 4) is 22.9 Å². The van der Waals surface area contributed by atoms with Crippen molar-refractivity contribution in [2.75, 3.05) is 11.5 Å². The first-order chi connectivity index (χ1) is 20.3. The van der Waals surface area contributed by atoms with E-state index in [4.69, 9.17) is 30.3 Å². The van der Waals surface area contributed by atoms with Crippen LogP contribution in [0, 0.1) is 30.1 Å². The molecule has 2 aromatic carbocycles. The quantitative estimate of drug-likeness (QED) is 0.234. The largest absolute Gasteiger partial charge is 0.436 e. The molecule has 4 aliphatic carbocycles. The fourth-order valence-electron chi connectivity index (χ4n) is 7.89. The number of oxazole rings is 2. The fourth-order valence-corrected chi connectivity index (χ4v) is 7.89. The zero-order valence-corrected chi connectivity index (χ0v) is 25.6. The van der Waals surface area contributed by atoms with Crippen molar-refractivity contribution in [3.63, 3.8) is 0 Å². The van der Waals surface area contributed by atoms with Crippen LogP contribution in [0.15, 0.2) is 68.5 Å². The van der Waals surface area contributed by atoms with Gasteiger partial charge in [0.2, 0.25) is 11.8 Å². The molecule has 0 bridgehead atoms. The van der Waals surface area contributed by atoms with Crippen molar-refractivity contribution < 1.29 is 8.83 Å². The Balaban J connectivity index is 1.26. The standard InChI is InChI=1S/C37H36N4O2/c1-19-11-21(7-9-27(19)38)33-40-31-23-15-35(3,4)17-37(25(23)13-29(31)42-33)18-36(5,6)16-24-26(37)14-30-32(24)41-34(43-30)22-8-10-28(39)20(2)12-22/h7-16H,17-18,38-39H2,1-6H3. The number of aryl methyl sites for hydroxylation is 2. The minimum Gasteiger partial charge on any atom is -0.436 e. The van der Waals surface area contributed by atoms with E-state index in [1.807, 2.05) is 50.2 Å². The van der Waals surface area contributed by atoms with Gasteiger partial charge in [-0.05, 0) is 108 Å². The van der Waals surface area contributed by atoms with Crippen LogP contribution in [0.1, 0.15) is 74.6 Å². The van der Waals surface area contributed by atoms with Crippen LogP contribution in [0.4, 0.5) is 11.4 Å². The Labute approximate surface area is 251 Å². The Morgan fingerprint density at radius 1 is 0.651 bits per heavy atom. The maximum absolute atomic E-state index is 6.45. The predicted octanol–water partition coefficient (Wildman–Crippen LogP) is 8.89. The molecule has 0 fully saturated rings. The molecular weight excluding hydrogens is 532 g/mol. The first kappa shape index (κ1) is 26.1. The lowest BCUT2D eigenvalue weighted by Crippen LogP contribution is -2.40. The normalized spacial score (nSPS) is 20.0. The van der Waals surface area contributed by atoms with E-state index in [-0.39, 0.29) is 16.2 Å². The van der Waals surface area contributed by atoms with Crippen LogP contribution in [0.2, 0.25) is 0 Å². The maximum Gasteiger partial charge on any atom is 0.227 e. The molecule has 0 aliphatic heterocycles. The number of hydrogen-bond acceptors (Lipinski definition) is 6. The van der Waals surface area contributed by atoms with Gasteiger partial charge in [0.15, 0.2) is 11.5 Å². The summed E-state index contributed by atoms with van der Waals surface area (Å²) < 4.78 is 12.9. The molecule has 2 heterocycles. The van der Waals surface area contributed by atoms with Gasteiger partial charge in [-0.25, -0.2) is 9.97 Å². The number of nitrogens with zero attached hydrogens (tertiary/aromatic N) is 2. The van der Waals surface area contributed by atoms with Gasteiger partial charge in [-0.2, -0.15) is 0 Å². The third-order valence-electron chi connectivity index (χ3n) is 9.60. The van der Waals surface area contributed by atoms with E-state index >= 15 is 0 Å². The van der Waals surface area contributed by atoms with E-state index in [1.54, 1.807) is 0 Å². The molecule has 43 heavy (non-hydrogen) atoms. The van der Waals surface area contributed by atoms with Gasteiger partial charge in [-0.15, -0.1) is 0 Å². The minimum atomic E-state index is -0.233. The van der Waals surface area contributed by atoms with Crippen molar-refractivity contribution in [1.82, 2.24) is 9.97 Å². The van der Waals surface area contributed by atoms with Gasteiger partial charge in [0.1, 0.15) is 11.4 Å². The van der Waals surface area contributed by atoms with Gasteiger partial charge >= 0.3 is 0 Å². The molecule has 6 heteroatoms. The molecule has 8 rings (SSSR count). The number of hydrogen-bond donors (Lipinski definition) is 2. The molecule has 4 N–H and O–H groups in total. The first-order valence-corrected chi connectivity index (χ1v) is 15.0. The molecule has 4 aliphatic rings. The summed E-state index contributed by atoms with van der Waals surface area (Å²) in [5, 5.41) is 0. The molecule has 2 aromatic heterocycles. The van der Waals surface area contributed by atoms with Crippen LogP contribution >= 0.6 is 0 Å². The highest BCUT2D eigenvalue weighted by molar-refractivity contribution is 6.01. The van der Waals surface area contributed by atoms with Crippen LogP contribution in [0.25, 0.3) is 46.2 Å². The zero-order valence-electron chi connectivity index (χ0n) is 25.6. The van der Waals surface area contributed by atoms with E-state index in [2.05, 4.69) is 52.0 Å². The van der Waals surface area contributed by atoms with E-state index in [9.17, 15) is 0 Å². The van der Waals surface area contributed by atoms with Crippen LogP contribution in [-0.4, -0.2) is 9.97 Å². The lowest BCUT2D eigenvalue weighted by atomic mass is 9.51. The Bertz CT molecular complexity index is 1880. The van der Waals surface area contributed by atoms with Gasteiger partial charge in [0.25, 0.3) is 0 Å². The number of nitrogen functional groups attached to an aromatic ring is 2. The second kappa shape index (κ2) is 8.28. The van der Waals surface area contributed by atoms with E-state index in [0.717, 1.165) is 69.4 Å². The van der Waals surface area contributed by atoms with Crippen molar-refractivity contribution >= 4 is 34.7 Å². The molecule has 4 aromatic rings. The molecule has 216 valence electrons. The minimum absolute atomic E-state index is 0.0611. The topological polar surface area (TPSA) is 104 Å². The van der Waals surface area contributed by atoms with Crippen molar-refractivity contribution in [2.24, 2.45) is 16.2 Å². The number of aromatic nitrogens is 2. The van der Waals surface area contributed by atoms with Crippen LogP contribution < -0.4 is 11.5 Å². The predicted molar refractivity (Wildman–Crippen MR) is 173 cm³/mol. The summed E-state index contributed by atoms with van der Waals surface area (Å²) in [5.74, 6) is 2.90. The summed E-state index contributed by atoms with van der Waals surface area (Å²) in [5.41, 5.74) is 24.0. The van der Waals surface area contributed by atoms with Crippen molar-refractivity contribution in [3.05, 3.63) is 93.7 Å². The van der Waals surface area contributed by atoms with Crippen molar-refractivity contribution in [2.45, 2.75) is 54.4 Å². The summed E-state index contributed by atoms with van der Waals surface area (Å²) in [4.78, 5) is 10.1. The SMILES string of the molecule is Cc1cc(-c2nc3c(o2)C=C2C3=CC(C)(C)CC23CC(C)(C)C=C2C3=Cc3oc(-c4ccc(N)c(C)c4)nc32)ccc1N. The van der Waals surface area contributed by atoms with E-state index in [1.165, 1.54) is 22.3 Å². The summed E-state index contributed by atoms with van der Waals surface area (Å²) in [6, 6.07) is 11.9. The van der Waals surface area contributed by atoms with Gasteiger partial charge in [0, 0.05) is 39.1 Å². The van der Waals surface area contributed by atoms with E-state index in [0.29, 0.717) is 11.8 Å². The molecule has 0 unspecified atom stereocenters. The van der Waals surface area contributed by atoms with Crippen LogP contribution in [0.3, 0.4) is 0 Å². The molecule has 0 atom stereocenters. The summed E-state index contributed by atoms with van der Waals surface area (Å²) >= 11 is 0. The number of fused-ring (bicyclic) bond motifs is 8. The smallest absolute Gasteiger partial charge is 0.227 e. The lowest BCUT2D eigenvalue weighted by molar-refractivity contribution is 0.203. The summed E-state index contributed by atoms with van der Waals surface area (Å²) in [6.07, 6.45) is 11.2. The highest BCUT2D eigenvalue weighted by atomic mass is 16.4. The number of anilines is 2. The first-order valence-electron chi connectivity index (χ1n) is 15.0. The van der Waals surface area contributed by atoms with Crippen molar-refractivity contribution in [1.29, 1.82) is 0 Å². The van der Waals surface area contributed by atoms with Gasteiger partial charge < -0.3 is 20.3 Å². The monoisotopic (exact) mass is 568 g/mol. The zero-order chi connectivity index (χ0) is 30.1. The second-order valence-corrected chi connectivity index (χ2v) is 14.3. The summed E-state index contributed by atoms with van der Waals surface area (Å²) in [6.45, 7) is 13.3. The Morgan fingerprint density at radius 2 is 1.07 bits per heavy atom. The molecule has 1 spiro atoms. The average Bonchev–Trinajstić information content (AvgIpc) is 3.67. The maximum atomic E-state index is 6.45. The van der Waals surface area contributed by atoms with Gasteiger partial charge in [-0.1, -0.05) is 39.8 Å². The number of rotatable bonds is 2. The van der Waals surface area contributed by atoms with Gasteiger partial charge in [-0.3, -0.25) is 0 Å². The molecule has 0 saturated carbocycles. The molecule has 6 nitrogen and oxygen atoms in total. The van der Waals surface area contributed by atoms with Crippen LogP contribution in [-0.2, 0) is 0 Å². The van der Waals surface area contributed by atoms with E-state index < -0.39 is 0 Å². The molecule has 0 saturated heterocycles. The number of allylic oxidation sites excluding steroid dienone is 6. The Morgan fingerprint density at radius 3 is 1.47 bits per heavy atom. The van der Waals surface area contributed by atoms with Gasteiger partial charge in [0.05, 0.1) is 0 Å². The highest BCUT2D eigenvalue weighted by Crippen LogP contribution is 2.67. The average molecular weight is 569 g/mol. The lowest BCUT2D eigenvalue weighted by Gasteiger charge is -2.51. The molecular formula is C37H36N4O2. The third kappa shape index (κ3) is 3.78. The summed E-state index contributed by atoms with van der Waals surface area (Å²) in [7, 11) is 0. The molecule has 0 radical (unpaired) electrons. The third-order valence-corrected chi connectivity index (χ3v) is 9.60. The Kier molecular flexibility index (Phi) is 5.02.